The number of carboxylic acids is 1. The molecule has 45 heavy (non-hydrogen) atoms. The van der Waals surface area contributed by atoms with Crippen molar-refractivity contribution in [2.45, 2.75) is 101 Å². The van der Waals surface area contributed by atoms with Gasteiger partial charge in [-0.25, -0.2) is 17.5 Å². The average molecular weight is 647 g/mol. The molecule has 0 aromatic heterocycles. The molecular formula is C32H46N4O8S. The molecule has 4 aliphatic carbocycles. The van der Waals surface area contributed by atoms with E-state index in [9.17, 15) is 37.5 Å². The molecule has 1 aromatic rings. The van der Waals surface area contributed by atoms with E-state index in [1.807, 2.05) is 0 Å². The van der Waals surface area contributed by atoms with Crippen LogP contribution in [0.3, 0.4) is 0 Å². The topological polar surface area (TPSA) is 193 Å². The van der Waals surface area contributed by atoms with Crippen LogP contribution in [0.25, 0.3) is 0 Å². The van der Waals surface area contributed by atoms with Crippen LogP contribution in [0.1, 0.15) is 99.3 Å². The maximum Gasteiger partial charge on any atom is 0.335 e. The largest absolute Gasteiger partial charge is 0.478 e. The van der Waals surface area contributed by atoms with Crippen molar-refractivity contribution in [2.24, 2.45) is 29.4 Å². The van der Waals surface area contributed by atoms with Crippen LogP contribution in [0.5, 0.6) is 0 Å². The average Bonchev–Trinajstić information content (AvgIpc) is 2.98. The van der Waals surface area contributed by atoms with Gasteiger partial charge in [0.05, 0.1) is 16.4 Å². The highest BCUT2D eigenvalue weighted by Crippen LogP contribution is 2.59. The zero-order valence-electron chi connectivity index (χ0n) is 26.2. The van der Waals surface area contributed by atoms with Gasteiger partial charge in [0, 0.05) is 5.56 Å². The van der Waals surface area contributed by atoms with E-state index in [1.165, 1.54) is 31.2 Å². The molecule has 4 aliphatic rings. The van der Waals surface area contributed by atoms with Gasteiger partial charge in [0.15, 0.2) is 0 Å². The Hall–Kier alpha value is -3.32. The van der Waals surface area contributed by atoms with Gasteiger partial charge in [0.25, 0.3) is 5.91 Å². The van der Waals surface area contributed by atoms with Crippen LogP contribution in [-0.4, -0.2) is 77.2 Å². The summed E-state index contributed by atoms with van der Waals surface area (Å²) in [4.78, 5) is 64.1. The van der Waals surface area contributed by atoms with Crippen LogP contribution in [0.15, 0.2) is 24.3 Å². The number of hydrogen-bond donors (Lipinski definition) is 4. The van der Waals surface area contributed by atoms with E-state index < -0.39 is 56.6 Å². The van der Waals surface area contributed by atoms with Crippen LogP contribution in [0.2, 0.25) is 0 Å². The van der Waals surface area contributed by atoms with Crippen molar-refractivity contribution in [1.29, 1.82) is 0 Å². The lowest BCUT2D eigenvalue weighted by Crippen LogP contribution is -2.63. The third-order valence-electron chi connectivity index (χ3n) is 9.81. The number of carboxylic acid groups (broad SMARTS) is 1. The van der Waals surface area contributed by atoms with Crippen molar-refractivity contribution in [3.8, 4) is 0 Å². The maximum absolute atomic E-state index is 14.9. The predicted octanol–water partition coefficient (Wildman–Crippen LogP) is 2.47. The molecule has 12 nitrogen and oxygen atoms in total. The monoisotopic (exact) mass is 646 g/mol. The number of aromatic carboxylic acids is 1. The number of hydrogen-bond acceptors (Lipinski definition) is 8. The molecule has 5 rings (SSSR count). The number of nitrogens with one attached hydrogen (secondary N) is 2. The minimum atomic E-state index is -4.44. The van der Waals surface area contributed by atoms with E-state index >= 15 is 0 Å². The quantitative estimate of drug-likeness (QED) is 0.164. The Morgan fingerprint density at radius 1 is 0.933 bits per heavy atom. The number of unbranched alkanes of at least 4 members (excludes halogenated alkanes) is 1. The van der Waals surface area contributed by atoms with E-state index in [-0.39, 0.29) is 41.2 Å². The van der Waals surface area contributed by atoms with Gasteiger partial charge in [-0.15, -0.1) is 0 Å². The molecule has 3 atom stereocenters. The van der Waals surface area contributed by atoms with Gasteiger partial charge in [-0.3, -0.25) is 14.4 Å². The number of rotatable bonds is 15. The Morgan fingerprint density at radius 2 is 1.47 bits per heavy atom. The number of sulfonamides is 1. The number of nitrogens with two attached hydrogens (primary N) is 1. The summed E-state index contributed by atoms with van der Waals surface area (Å²) in [6, 6.07) is 1.56. The third-order valence-corrected chi connectivity index (χ3v) is 12.3. The number of aldehydes is 1. The highest BCUT2D eigenvalue weighted by atomic mass is 32.2. The molecule has 4 fully saturated rings. The standard InChI is InChI=1S/C32H46N4O8S/c1-19(2)26(18-37)35-28(38)20(3)34-29(39)27(6-4-5-11-33)36(30(40)24-7-9-25(10-8-24)31(41)42)45(43,44)32-15-21-12-22(16-32)14-23(13-21)17-32/h7-10,18-23,26-27H,4-6,11-17,33H2,1-3H3,(H,34,39)(H,35,38)(H,41,42)/t20-,21?,22?,23?,26+,27-,32?/m0/s1. The van der Waals surface area contributed by atoms with Crippen molar-refractivity contribution in [1.82, 2.24) is 14.9 Å². The summed E-state index contributed by atoms with van der Waals surface area (Å²) < 4.78 is 29.4. The molecule has 1 aromatic carbocycles. The highest BCUT2D eigenvalue weighted by Gasteiger charge is 2.61. The minimum absolute atomic E-state index is 0.0229. The summed E-state index contributed by atoms with van der Waals surface area (Å²) >= 11 is 0. The Morgan fingerprint density at radius 3 is 1.93 bits per heavy atom. The van der Waals surface area contributed by atoms with Gasteiger partial charge in [-0.05, 0) is 119 Å². The van der Waals surface area contributed by atoms with Gasteiger partial charge in [0.2, 0.25) is 21.8 Å². The fourth-order valence-corrected chi connectivity index (χ4v) is 10.3. The number of amides is 3. The van der Waals surface area contributed by atoms with Gasteiger partial charge in [-0.2, -0.15) is 0 Å². The SMILES string of the molecule is CC(C)[C@@H](C=O)NC(=O)[C@H](C)NC(=O)[C@H](CCCCN)N(C(=O)c1ccc(C(=O)O)cc1)S(=O)(=O)C12CC3CC(CC(C3)C1)C2. The Bertz CT molecular complexity index is 1360. The zero-order chi connectivity index (χ0) is 33.1. The first-order valence-corrected chi connectivity index (χ1v) is 17.3. The third kappa shape index (κ3) is 7.24. The van der Waals surface area contributed by atoms with E-state index in [0.717, 1.165) is 23.6 Å². The second-order valence-corrected chi connectivity index (χ2v) is 15.7. The summed E-state index contributed by atoms with van der Waals surface area (Å²) in [5.74, 6) is -3.05. The van der Waals surface area contributed by atoms with Crippen LogP contribution in [0, 0.1) is 23.7 Å². The van der Waals surface area contributed by atoms with Crippen LogP contribution in [-0.2, 0) is 24.4 Å². The molecule has 0 unspecified atom stereocenters. The first-order chi connectivity index (χ1) is 21.2. The smallest absolute Gasteiger partial charge is 0.335 e. The van der Waals surface area contributed by atoms with Crippen molar-refractivity contribution >= 4 is 40.0 Å². The molecule has 0 radical (unpaired) electrons. The summed E-state index contributed by atoms with van der Waals surface area (Å²) in [7, 11) is -4.44. The molecular weight excluding hydrogens is 600 g/mol. The van der Waals surface area contributed by atoms with E-state index in [4.69, 9.17) is 5.73 Å². The molecule has 13 heteroatoms. The van der Waals surface area contributed by atoms with Crippen LogP contribution >= 0.6 is 0 Å². The summed E-state index contributed by atoms with van der Waals surface area (Å²) in [6.07, 6.45) is 5.55. The predicted molar refractivity (Wildman–Crippen MR) is 167 cm³/mol. The summed E-state index contributed by atoms with van der Waals surface area (Å²) in [5, 5.41) is 14.5. The van der Waals surface area contributed by atoms with Gasteiger partial charge in [0.1, 0.15) is 18.4 Å². The van der Waals surface area contributed by atoms with Gasteiger partial charge < -0.3 is 26.3 Å². The van der Waals surface area contributed by atoms with E-state index in [0.29, 0.717) is 44.9 Å². The lowest BCUT2D eigenvalue weighted by atomic mass is 9.56. The first-order valence-electron chi connectivity index (χ1n) is 15.9. The maximum atomic E-state index is 14.9. The molecule has 248 valence electrons. The Balaban J connectivity index is 1.73. The molecule has 3 amide bonds. The van der Waals surface area contributed by atoms with E-state index in [2.05, 4.69) is 10.6 Å². The van der Waals surface area contributed by atoms with Crippen molar-refractivity contribution in [2.75, 3.05) is 6.54 Å². The molecule has 0 aliphatic heterocycles. The Kier molecular flexibility index (Phi) is 10.7. The van der Waals surface area contributed by atoms with E-state index in [1.54, 1.807) is 13.8 Å². The lowest BCUT2D eigenvalue weighted by molar-refractivity contribution is -0.131. The second-order valence-electron chi connectivity index (χ2n) is 13.5. The fraction of sp³-hybridized carbons (Fsp3) is 0.656. The van der Waals surface area contributed by atoms with Crippen molar-refractivity contribution in [3.63, 3.8) is 0 Å². The van der Waals surface area contributed by atoms with Crippen molar-refractivity contribution < 1.29 is 37.5 Å². The summed E-state index contributed by atoms with van der Waals surface area (Å²) in [5.41, 5.74) is 5.58. The summed E-state index contributed by atoms with van der Waals surface area (Å²) in [6.45, 7) is 5.24. The van der Waals surface area contributed by atoms with Crippen molar-refractivity contribution in [3.05, 3.63) is 35.4 Å². The van der Waals surface area contributed by atoms with Crippen LogP contribution < -0.4 is 16.4 Å². The molecule has 0 spiro atoms. The number of carbonyl (C=O) groups is 5. The fourth-order valence-electron chi connectivity index (χ4n) is 7.72. The number of carbonyl (C=O) groups excluding carboxylic acids is 4. The number of nitrogens with zero attached hydrogens (tertiary/aromatic N) is 1. The molecule has 4 bridgehead atoms. The minimum Gasteiger partial charge on any atom is -0.478 e. The van der Waals surface area contributed by atoms with Gasteiger partial charge >= 0.3 is 5.97 Å². The van der Waals surface area contributed by atoms with Crippen LogP contribution in [0.4, 0.5) is 0 Å². The molecule has 5 N–H and O–H groups in total. The Labute approximate surface area is 264 Å². The van der Waals surface area contributed by atoms with Gasteiger partial charge in [-0.1, -0.05) is 13.8 Å². The molecule has 0 heterocycles. The highest BCUT2D eigenvalue weighted by molar-refractivity contribution is 7.91. The zero-order valence-corrected chi connectivity index (χ0v) is 27.1. The second kappa shape index (κ2) is 14.0. The lowest BCUT2D eigenvalue weighted by Gasteiger charge is -2.56. The first kappa shape index (κ1) is 34.6. The number of benzene rings is 1. The molecule has 4 saturated carbocycles. The normalized spacial score (nSPS) is 25.7. The molecule has 0 saturated heterocycles.